The molecule has 0 radical (unpaired) electrons. The molecule has 120 valence electrons. The summed E-state index contributed by atoms with van der Waals surface area (Å²) in [5.41, 5.74) is 2.24. The van der Waals surface area contributed by atoms with Crippen molar-refractivity contribution in [3.63, 3.8) is 0 Å². The van der Waals surface area contributed by atoms with E-state index in [9.17, 15) is 0 Å². The van der Waals surface area contributed by atoms with Crippen molar-refractivity contribution in [1.29, 1.82) is 0 Å². The summed E-state index contributed by atoms with van der Waals surface area (Å²) in [6.45, 7) is 5.08. The van der Waals surface area contributed by atoms with Gasteiger partial charge in [0.2, 0.25) is 0 Å². The van der Waals surface area contributed by atoms with E-state index < -0.39 is 0 Å². The van der Waals surface area contributed by atoms with Crippen LogP contribution >= 0.6 is 11.6 Å². The van der Waals surface area contributed by atoms with E-state index >= 15 is 0 Å². The van der Waals surface area contributed by atoms with Gasteiger partial charge in [0, 0.05) is 26.1 Å². The highest BCUT2D eigenvalue weighted by molar-refractivity contribution is 6.31. The number of hydrogen-bond acceptors (Lipinski definition) is 3. The van der Waals surface area contributed by atoms with Gasteiger partial charge in [-0.3, -0.25) is 4.68 Å². The van der Waals surface area contributed by atoms with E-state index in [0.29, 0.717) is 6.04 Å². The summed E-state index contributed by atoms with van der Waals surface area (Å²) < 4.78 is 7.81. The number of hydrogen-bond donors (Lipinski definition) is 1. The molecule has 21 heavy (non-hydrogen) atoms. The monoisotopic (exact) mass is 313 g/mol. The van der Waals surface area contributed by atoms with Crippen LogP contribution in [0.1, 0.15) is 50.9 Å². The van der Waals surface area contributed by atoms with Gasteiger partial charge < -0.3 is 10.1 Å². The summed E-state index contributed by atoms with van der Waals surface area (Å²) >= 11 is 6.52. The minimum absolute atomic E-state index is 0.0742. The van der Waals surface area contributed by atoms with Gasteiger partial charge in [0.15, 0.2) is 0 Å². The van der Waals surface area contributed by atoms with E-state index in [1.54, 1.807) is 0 Å². The fourth-order valence-corrected chi connectivity index (χ4v) is 3.58. The molecular weight excluding hydrogens is 286 g/mol. The average molecular weight is 314 g/mol. The second-order valence-corrected chi connectivity index (χ2v) is 6.39. The topological polar surface area (TPSA) is 39.1 Å². The van der Waals surface area contributed by atoms with E-state index in [1.165, 1.54) is 19.3 Å². The highest BCUT2D eigenvalue weighted by atomic mass is 35.5. The fraction of sp³-hybridized carbons (Fsp3) is 0.812. The summed E-state index contributed by atoms with van der Waals surface area (Å²) in [7, 11) is 3.86. The van der Waals surface area contributed by atoms with Crippen molar-refractivity contribution in [3.05, 3.63) is 16.4 Å². The lowest BCUT2D eigenvalue weighted by molar-refractivity contribution is -0.0831. The van der Waals surface area contributed by atoms with E-state index in [1.807, 2.05) is 18.8 Å². The Bertz CT molecular complexity index is 463. The first-order valence-corrected chi connectivity index (χ1v) is 8.43. The number of likely N-dealkylation sites (N-methyl/N-ethyl adjacent to an activating group) is 1. The van der Waals surface area contributed by atoms with Crippen molar-refractivity contribution in [2.24, 2.45) is 0 Å². The molecule has 0 aromatic carbocycles. The number of aryl methyl sites for hydroxylation is 2. The Labute approximate surface area is 133 Å². The molecule has 1 aliphatic carbocycles. The average Bonchev–Trinajstić information content (AvgIpc) is 2.77. The molecule has 0 bridgehead atoms. The van der Waals surface area contributed by atoms with Crippen molar-refractivity contribution in [2.75, 3.05) is 14.2 Å². The van der Waals surface area contributed by atoms with Gasteiger partial charge in [0.25, 0.3) is 0 Å². The Morgan fingerprint density at radius 3 is 2.57 bits per heavy atom. The van der Waals surface area contributed by atoms with E-state index in [2.05, 4.69) is 24.3 Å². The number of halogens is 1. The molecule has 5 heteroatoms. The molecule has 1 saturated carbocycles. The third-order valence-corrected chi connectivity index (χ3v) is 5.29. The first-order chi connectivity index (χ1) is 10.1. The van der Waals surface area contributed by atoms with Gasteiger partial charge in [0.05, 0.1) is 22.0 Å². The van der Waals surface area contributed by atoms with Crippen LogP contribution in [0.4, 0.5) is 0 Å². The predicted octanol–water partition coefficient (Wildman–Crippen LogP) is 3.21. The van der Waals surface area contributed by atoms with E-state index in [-0.39, 0.29) is 5.60 Å². The van der Waals surface area contributed by atoms with Gasteiger partial charge in [-0.1, -0.05) is 18.5 Å². The van der Waals surface area contributed by atoms with Crippen molar-refractivity contribution >= 4 is 11.6 Å². The van der Waals surface area contributed by atoms with Crippen LogP contribution in [0.2, 0.25) is 5.02 Å². The summed E-state index contributed by atoms with van der Waals surface area (Å²) in [6.07, 6.45) is 6.43. The Kier molecular flexibility index (Phi) is 5.69. The lowest BCUT2D eigenvalue weighted by atomic mass is 9.75. The molecule has 1 aliphatic rings. The van der Waals surface area contributed by atoms with Crippen LogP contribution in [0.25, 0.3) is 0 Å². The largest absolute Gasteiger partial charge is 0.378 e. The van der Waals surface area contributed by atoms with Gasteiger partial charge >= 0.3 is 0 Å². The molecule has 1 heterocycles. The zero-order valence-electron chi connectivity index (χ0n) is 13.7. The number of nitrogens with one attached hydrogen (secondary N) is 1. The van der Waals surface area contributed by atoms with Crippen LogP contribution < -0.4 is 5.32 Å². The van der Waals surface area contributed by atoms with Crippen LogP contribution in [-0.2, 0) is 24.1 Å². The molecule has 4 nitrogen and oxygen atoms in total. The molecule has 1 N–H and O–H groups in total. The van der Waals surface area contributed by atoms with Crippen LogP contribution in [0, 0.1) is 0 Å². The number of ether oxygens (including phenoxy) is 1. The maximum atomic E-state index is 6.52. The molecule has 0 saturated heterocycles. The smallest absolute Gasteiger partial charge is 0.0850 e. The van der Waals surface area contributed by atoms with Crippen molar-refractivity contribution in [3.8, 4) is 0 Å². The number of aromatic nitrogens is 2. The number of nitrogens with zero attached hydrogens (tertiary/aromatic N) is 2. The van der Waals surface area contributed by atoms with Crippen LogP contribution in [0.15, 0.2) is 0 Å². The second kappa shape index (κ2) is 7.12. The Morgan fingerprint density at radius 1 is 1.43 bits per heavy atom. The normalized spacial score (nSPS) is 18.5. The third-order valence-electron chi connectivity index (χ3n) is 4.86. The molecule has 1 fully saturated rings. The summed E-state index contributed by atoms with van der Waals surface area (Å²) in [4.78, 5) is 0. The first kappa shape index (κ1) is 16.8. The van der Waals surface area contributed by atoms with E-state index in [4.69, 9.17) is 16.3 Å². The first-order valence-electron chi connectivity index (χ1n) is 8.05. The number of methoxy groups -OCH3 is 1. The maximum Gasteiger partial charge on any atom is 0.0850 e. The van der Waals surface area contributed by atoms with E-state index in [0.717, 1.165) is 42.2 Å². The molecule has 1 aromatic rings. The minimum Gasteiger partial charge on any atom is -0.378 e. The van der Waals surface area contributed by atoms with Crippen molar-refractivity contribution < 1.29 is 4.74 Å². The fourth-order valence-electron chi connectivity index (χ4n) is 3.23. The molecule has 1 atom stereocenters. The van der Waals surface area contributed by atoms with Crippen LogP contribution in [-0.4, -0.2) is 35.6 Å². The third kappa shape index (κ3) is 3.43. The van der Waals surface area contributed by atoms with Crippen molar-refractivity contribution in [1.82, 2.24) is 15.1 Å². The molecule has 1 unspecified atom stereocenters. The molecular formula is C16H28ClN3O. The second-order valence-electron chi connectivity index (χ2n) is 6.01. The number of rotatable bonds is 8. The summed E-state index contributed by atoms with van der Waals surface area (Å²) in [5.74, 6) is 0. The Hall–Kier alpha value is -0.580. The van der Waals surface area contributed by atoms with Gasteiger partial charge in [-0.25, -0.2) is 0 Å². The summed E-state index contributed by atoms with van der Waals surface area (Å²) in [5, 5.41) is 8.89. The quantitative estimate of drug-likeness (QED) is 0.801. The zero-order valence-corrected chi connectivity index (χ0v) is 14.5. The van der Waals surface area contributed by atoms with Gasteiger partial charge in [-0.2, -0.15) is 5.10 Å². The highest BCUT2D eigenvalue weighted by Gasteiger charge is 2.39. The van der Waals surface area contributed by atoms with Crippen LogP contribution in [0.5, 0.6) is 0 Å². The molecule has 0 amide bonds. The van der Waals surface area contributed by atoms with Crippen molar-refractivity contribution in [2.45, 2.75) is 70.6 Å². The summed E-state index contributed by atoms with van der Waals surface area (Å²) in [6, 6.07) is 0.370. The lowest BCUT2D eigenvalue weighted by Gasteiger charge is -2.42. The van der Waals surface area contributed by atoms with Crippen LogP contribution in [0.3, 0.4) is 0 Å². The SMILES string of the molecule is CCc1nn(CC)c(CC(CC2(OC)CCC2)NC)c1Cl. The minimum atomic E-state index is 0.0742. The Morgan fingerprint density at radius 2 is 2.14 bits per heavy atom. The Balaban J connectivity index is 2.13. The molecule has 2 rings (SSSR count). The molecule has 0 aliphatic heterocycles. The standard InChI is InChI=1S/C16H28ClN3O/c1-5-13-15(17)14(20(6-2)19-13)10-12(18-3)11-16(21-4)8-7-9-16/h12,18H,5-11H2,1-4H3. The highest BCUT2D eigenvalue weighted by Crippen LogP contribution is 2.39. The lowest BCUT2D eigenvalue weighted by Crippen LogP contribution is -2.46. The maximum absolute atomic E-state index is 6.52. The van der Waals surface area contributed by atoms with Gasteiger partial charge in [-0.05, 0) is 46.1 Å². The van der Waals surface area contributed by atoms with Gasteiger partial charge in [0.1, 0.15) is 0 Å². The van der Waals surface area contributed by atoms with Gasteiger partial charge in [-0.15, -0.1) is 0 Å². The molecule has 1 aromatic heterocycles. The zero-order chi connectivity index (χ0) is 15.5. The molecule has 0 spiro atoms. The predicted molar refractivity (Wildman–Crippen MR) is 87.0 cm³/mol.